The molecule has 0 radical (unpaired) electrons. The Kier molecular flexibility index (Phi) is 15.0. The summed E-state index contributed by atoms with van der Waals surface area (Å²) >= 11 is 0. The minimum Gasteiger partial charge on any atom is -0.299 e. The van der Waals surface area contributed by atoms with Crippen molar-refractivity contribution in [3.63, 3.8) is 0 Å². The molecule has 9 saturated carbocycles. The second-order valence-electron chi connectivity index (χ2n) is 22.1. The van der Waals surface area contributed by atoms with E-state index in [-0.39, 0.29) is 29.1 Å². The first kappa shape index (κ1) is 43.8. The van der Waals surface area contributed by atoms with E-state index in [4.69, 9.17) is 0 Å². The lowest BCUT2D eigenvalue weighted by molar-refractivity contribution is -0.138. The summed E-state index contributed by atoms with van der Waals surface area (Å²) in [5, 5.41) is 0. The van der Waals surface area contributed by atoms with E-state index in [0.717, 1.165) is 5.92 Å². The van der Waals surface area contributed by atoms with Crippen LogP contribution in [0.5, 0.6) is 0 Å². The second kappa shape index (κ2) is 18.5. The van der Waals surface area contributed by atoms with Gasteiger partial charge in [-0.25, -0.2) is 0 Å². The fourth-order valence-corrected chi connectivity index (χ4v) is 13.0. The van der Waals surface area contributed by atoms with Gasteiger partial charge >= 0.3 is 0 Å². The van der Waals surface area contributed by atoms with Crippen molar-refractivity contribution in [1.29, 1.82) is 0 Å². The molecule has 9 aliphatic rings. The Morgan fingerprint density at radius 3 is 1.07 bits per heavy atom. The molecule has 9 fully saturated rings. The van der Waals surface area contributed by atoms with Gasteiger partial charge in [0.25, 0.3) is 0 Å². The molecule has 4 nitrogen and oxygen atoms in total. The molecule has 0 aromatic rings. The molecular weight excluding hydrogens is 665 g/mol. The Morgan fingerprint density at radius 1 is 0.370 bits per heavy atom. The third kappa shape index (κ3) is 10.4. The maximum atomic E-state index is 12.1. The van der Waals surface area contributed by atoms with Gasteiger partial charge in [-0.15, -0.1) is 0 Å². The molecular formula is C50H84O4. The third-order valence-electron chi connectivity index (χ3n) is 16.8. The van der Waals surface area contributed by atoms with Gasteiger partial charge in [-0.2, -0.15) is 0 Å². The highest BCUT2D eigenvalue weighted by Crippen LogP contribution is 2.59. The Morgan fingerprint density at radius 2 is 0.722 bits per heavy atom. The average Bonchev–Trinajstić information content (AvgIpc) is 3.58. The van der Waals surface area contributed by atoms with Gasteiger partial charge in [-0.1, -0.05) is 93.9 Å². The van der Waals surface area contributed by atoms with E-state index >= 15 is 0 Å². The van der Waals surface area contributed by atoms with Crippen molar-refractivity contribution >= 4 is 23.1 Å². The molecule has 0 aromatic heterocycles. The van der Waals surface area contributed by atoms with Gasteiger partial charge in [0.2, 0.25) is 0 Å². The van der Waals surface area contributed by atoms with Gasteiger partial charge in [0, 0.05) is 46.8 Å². The molecule has 0 saturated heterocycles. The molecule has 2 bridgehead atoms. The van der Waals surface area contributed by atoms with E-state index in [2.05, 4.69) is 13.8 Å². The summed E-state index contributed by atoms with van der Waals surface area (Å²) in [4.78, 5) is 47.3. The zero-order valence-corrected chi connectivity index (χ0v) is 36.6. The largest absolute Gasteiger partial charge is 0.299 e. The minimum absolute atomic E-state index is 0.128. The monoisotopic (exact) mass is 749 g/mol. The summed E-state index contributed by atoms with van der Waals surface area (Å²) in [6.07, 6.45) is 34.4. The van der Waals surface area contributed by atoms with E-state index in [1.54, 1.807) is 0 Å². The van der Waals surface area contributed by atoms with Gasteiger partial charge in [-0.3, -0.25) is 19.2 Å². The van der Waals surface area contributed by atoms with Crippen LogP contribution in [0.3, 0.4) is 0 Å². The Balaban J connectivity index is 0.000000139. The molecule has 308 valence electrons. The maximum Gasteiger partial charge on any atom is 0.141 e. The zero-order chi connectivity index (χ0) is 39.3. The van der Waals surface area contributed by atoms with Crippen molar-refractivity contribution in [3.05, 3.63) is 0 Å². The van der Waals surface area contributed by atoms with Crippen LogP contribution >= 0.6 is 0 Å². The van der Waals surface area contributed by atoms with Crippen molar-refractivity contribution in [3.8, 4) is 0 Å². The van der Waals surface area contributed by atoms with Crippen molar-refractivity contribution in [2.45, 2.75) is 222 Å². The van der Waals surface area contributed by atoms with Gasteiger partial charge in [0.05, 0.1) is 0 Å². The van der Waals surface area contributed by atoms with Crippen LogP contribution in [0, 0.1) is 69.0 Å². The van der Waals surface area contributed by atoms with Crippen LogP contribution in [0.1, 0.15) is 222 Å². The first-order chi connectivity index (χ1) is 25.5. The van der Waals surface area contributed by atoms with Crippen molar-refractivity contribution < 1.29 is 19.2 Å². The fourth-order valence-electron chi connectivity index (χ4n) is 13.0. The molecule has 0 amide bonds. The predicted octanol–water partition coefficient (Wildman–Crippen LogP) is 13.5. The normalized spacial score (nSPS) is 31.4. The quantitative estimate of drug-likeness (QED) is 0.248. The molecule has 9 rings (SSSR count). The van der Waals surface area contributed by atoms with Crippen molar-refractivity contribution in [2.24, 2.45) is 69.0 Å². The molecule has 0 aromatic carbocycles. The minimum atomic E-state index is 0.128. The lowest BCUT2D eigenvalue weighted by atomic mass is 9.50. The molecule has 0 atom stereocenters. The number of ketones is 4. The summed E-state index contributed by atoms with van der Waals surface area (Å²) in [5.74, 6) is 5.30. The number of rotatable bonds is 8. The van der Waals surface area contributed by atoms with E-state index in [1.165, 1.54) is 167 Å². The highest BCUT2D eigenvalue weighted by Gasteiger charge is 2.51. The highest BCUT2D eigenvalue weighted by atomic mass is 16.1. The molecule has 54 heavy (non-hydrogen) atoms. The highest BCUT2D eigenvalue weighted by molar-refractivity contribution is 5.87. The molecule has 0 aliphatic heterocycles. The van der Waals surface area contributed by atoms with Gasteiger partial charge in [0.1, 0.15) is 23.1 Å². The number of fused-ring (bicyclic) bond motifs is 3. The summed E-state index contributed by atoms with van der Waals surface area (Å²) in [6, 6.07) is 0. The van der Waals surface area contributed by atoms with Crippen LogP contribution < -0.4 is 0 Å². The molecule has 0 unspecified atom stereocenters. The molecule has 4 heteroatoms. The topological polar surface area (TPSA) is 68.3 Å². The summed E-state index contributed by atoms with van der Waals surface area (Å²) in [5.41, 5.74) is 2.08. The summed E-state index contributed by atoms with van der Waals surface area (Å²) in [7, 11) is 0. The lowest BCUT2D eigenvalue weighted by Gasteiger charge is -2.54. The van der Waals surface area contributed by atoms with Crippen molar-refractivity contribution in [2.75, 3.05) is 0 Å². The fraction of sp³-hybridized carbons (Fsp3) is 0.920. The Bertz CT molecular complexity index is 1220. The lowest BCUT2D eigenvalue weighted by Crippen LogP contribution is -2.46. The first-order valence-electron chi connectivity index (χ1n) is 23.7. The predicted molar refractivity (Wildman–Crippen MR) is 223 cm³/mol. The SMILES string of the molecule is CC(C)C(=O)C12CCC(CC1)CC2.CC(C)C(=O)C1CC2(CCC2)C1.CC(C)C(=O)C1CC2(CCCCC2)C1.CC(C)C(=O)C1CCC2(CCCC2)CC1. The van der Waals surface area contributed by atoms with Crippen LogP contribution in [0.25, 0.3) is 0 Å². The molecule has 3 spiro atoms. The molecule has 0 N–H and O–H groups in total. The smallest absolute Gasteiger partial charge is 0.141 e. The Labute approximate surface area is 332 Å². The van der Waals surface area contributed by atoms with Gasteiger partial charge < -0.3 is 0 Å². The number of hydrogen-bond donors (Lipinski definition) is 0. The van der Waals surface area contributed by atoms with Crippen LogP contribution in [0.4, 0.5) is 0 Å². The van der Waals surface area contributed by atoms with E-state index in [1.807, 2.05) is 41.5 Å². The van der Waals surface area contributed by atoms with Crippen molar-refractivity contribution in [1.82, 2.24) is 0 Å². The number of hydrogen-bond acceptors (Lipinski definition) is 4. The van der Waals surface area contributed by atoms with E-state index < -0.39 is 0 Å². The number of Topliss-reactive ketones (excluding diaryl/α,β-unsaturated/α-hetero) is 4. The summed E-state index contributed by atoms with van der Waals surface area (Å²) < 4.78 is 0. The van der Waals surface area contributed by atoms with E-state index in [0.29, 0.717) is 57.1 Å². The maximum absolute atomic E-state index is 12.1. The third-order valence-corrected chi connectivity index (χ3v) is 16.8. The average molecular weight is 749 g/mol. The number of carbonyl (C=O) groups excluding carboxylic acids is 4. The van der Waals surface area contributed by atoms with Crippen LogP contribution in [0.15, 0.2) is 0 Å². The van der Waals surface area contributed by atoms with E-state index in [9.17, 15) is 19.2 Å². The molecule has 0 heterocycles. The standard InChI is InChI=1S/C14H24O.C13H22O.C12H20O.C11H18O/c1-11(2)13(15)12-5-9-14(10-6-12)7-3-4-8-14;1-10(2)12(14)11-8-13(9-11)6-4-3-5-7-13;1-9(2)11(13)12-6-3-10(4-7-12)5-8-12;1-8(2)10(12)9-6-11(7-9)4-3-5-11/h11-12H,3-10H2,1-2H3;10-11H,3-9H2,1-2H3;9-10H,3-8H2,1-2H3;8-9H,3-7H2,1-2H3. The second-order valence-corrected chi connectivity index (χ2v) is 22.1. The van der Waals surface area contributed by atoms with Crippen LogP contribution in [-0.4, -0.2) is 23.1 Å². The van der Waals surface area contributed by atoms with Gasteiger partial charge in [-0.05, 0) is 151 Å². The van der Waals surface area contributed by atoms with Gasteiger partial charge in [0.15, 0.2) is 0 Å². The first-order valence-corrected chi connectivity index (χ1v) is 23.7. The van der Waals surface area contributed by atoms with Crippen LogP contribution in [-0.2, 0) is 19.2 Å². The van der Waals surface area contributed by atoms with Crippen LogP contribution in [0.2, 0.25) is 0 Å². The summed E-state index contributed by atoms with van der Waals surface area (Å²) in [6.45, 7) is 16.3. The zero-order valence-electron chi connectivity index (χ0n) is 36.6. The number of carbonyl (C=O) groups is 4. The Hall–Kier alpha value is -1.32. The molecule has 9 aliphatic carbocycles.